The molecule has 2 aromatic carbocycles. The second-order valence-electron chi connectivity index (χ2n) is 6.48. The minimum Gasteiger partial charge on any atom is -0.423 e. The molecular formula is C18H19BN2O5S. The summed E-state index contributed by atoms with van der Waals surface area (Å²) in [7, 11) is -1.41. The summed E-state index contributed by atoms with van der Waals surface area (Å²) in [6.07, 6.45) is 1.35. The van der Waals surface area contributed by atoms with Crippen molar-refractivity contribution in [2.75, 3.05) is 14.1 Å². The molecule has 0 atom stereocenters. The van der Waals surface area contributed by atoms with Crippen molar-refractivity contribution in [3.63, 3.8) is 0 Å². The van der Waals surface area contributed by atoms with Crippen molar-refractivity contribution in [1.29, 1.82) is 0 Å². The van der Waals surface area contributed by atoms with Crippen LogP contribution >= 0.6 is 0 Å². The van der Waals surface area contributed by atoms with Crippen LogP contribution in [0.15, 0.2) is 51.8 Å². The van der Waals surface area contributed by atoms with E-state index in [1.165, 1.54) is 35.5 Å². The quantitative estimate of drug-likeness (QED) is 0.338. The van der Waals surface area contributed by atoms with Crippen molar-refractivity contribution < 1.29 is 22.9 Å². The Bertz CT molecular complexity index is 987. The summed E-state index contributed by atoms with van der Waals surface area (Å²) in [5.74, 6) is -0.149. The van der Waals surface area contributed by atoms with Gasteiger partial charge in [0.25, 0.3) is 10.0 Å². The molecule has 0 bridgehead atoms. The smallest absolute Gasteiger partial charge is 0.423 e. The van der Waals surface area contributed by atoms with Gasteiger partial charge in [-0.25, -0.2) is 0 Å². The highest BCUT2D eigenvalue weighted by molar-refractivity contribution is 7.90. The molecule has 0 amide bonds. The number of carbonyl (C=O) groups is 1. The van der Waals surface area contributed by atoms with Crippen LogP contribution in [0.2, 0.25) is 0 Å². The summed E-state index contributed by atoms with van der Waals surface area (Å²) < 4.78 is 32.9. The molecular weight excluding hydrogens is 367 g/mol. The first-order valence-electron chi connectivity index (χ1n) is 8.28. The van der Waals surface area contributed by atoms with E-state index in [0.717, 1.165) is 11.1 Å². The third kappa shape index (κ3) is 4.44. The van der Waals surface area contributed by atoms with E-state index in [1.54, 1.807) is 20.2 Å². The van der Waals surface area contributed by atoms with Crippen LogP contribution in [0, 0.1) is 0 Å². The molecule has 0 aromatic heterocycles. The summed E-state index contributed by atoms with van der Waals surface area (Å²) in [6, 6.07) is 11.1. The summed E-state index contributed by atoms with van der Waals surface area (Å²) in [6.45, 7) is 0.358. The molecule has 0 fully saturated rings. The SMILES string of the molecule is CN(C)C=NS(=O)(=O)c1ccc(C(=O)Cc2ccc3c(c2)B(O)OC3)cc1. The maximum atomic E-state index is 12.5. The van der Waals surface area contributed by atoms with E-state index < -0.39 is 17.1 Å². The van der Waals surface area contributed by atoms with Gasteiger partial charge in [0.15, 0.2) is 5.78 Å². The molecule has 1 heterocycles. The Morgan fingerprint density at radius 1 is 1.26 bits per heavy atom. The predicted molar refractivity (Wildman–Crippen MR) is 103 cm³/mol. The fraction of sp³-hybridized carbons (Fsp3) is 0.222. The Labute approximate surface area is 158 Å². The highest BCUT2D eigenvalue weighted by atomic mass is 32.2. The molecule has 9 heteroatoms. The topological polar surface area (TPSA) is 96.3 Å². The van der Waals surface area contributed by atoms with Gasteiger partial charge in [-0.05, 0) is 28.7 Å². The van der Waals surface area contributed by atoms with E-state index in [0.29, 0.717) is 17.6 Å². The largest absolute Gasteiger partial charge is 0.491 e. The molecule has 0 aliphatic carbocycles. The number of rotatable bonds is 6. The lowest BCUT2D eigenvalue weighted by Gasteiger charge is -2.06. The molecule has 1 N–H and O–H groups in total. The average molecular weight is 386 g/mol. The fourth-order valence-corrected chi connectivity index (χ4v) is 3.61. The van der Waals surface area contributed by atoms with Crippen molar-refractivity contribution >= 4 is 34.7 Å². The number of ketones is 1. The van der Waals surface area contributed by atoms with Crippen molar-refractivity contribution in [2.45, 2.75) is 17.9 Å². The normalized spacial score (nSPS) is 13.8. The zero-order valence-corrected chi connectivity index (χ0v) is 15.8. The van der Waals surface area contributed by atoms with E-state index in [9.17, 15) is 18.2 Å². The molecule has 7 nitrogen and oxygen atoms in total. The van der Waals surface area contributed by atoms with E-state index in [1.807, 2.05) is 12.1 Å². The van der Waals surface area contributed by atoms with Crippen LogP contribution in [-0.2, 0) is 27.7 Å². The molecule has 140 valence electrons. The van der Waals surface area contributed by atoms with Gasteiger partial charge in [0.2, 0.25) is 0 Å². The van der Waals surface area contributed by atoms with Crippen molar-refractivity contribution in [2.24, 2.45) is 4.40 Å². The van der Waals surface area contributed by atoms with Crippen molar-refractivity contribution in [1.82, 2.24) is 4.90 Å². The van der Waals surface area contributed by atoms with Gasteiger partial charge in [0.05, 0.1) is 11.5 Å². The number of nitrogens with zero attached hydrogens (tertiary/aromatic N) is 2. The van der Waals surface area contributed by atoms with Crippen molar-refractivity contribution in [3.8, 4) is 0 Å². The minimum atomic E-state index is -3.79. The van der Waals surface area contributed by atoms with Gasteiger partial charge in [0.1, 0.15) is 6.34 Å². The Hall–Kier alpha value is -2.49. The summed E-state index contributed by atoms with van der Waals surface area (Å²) in [5, 5.41) is 9.76. The van der Waals surface area contributed by atoms with E-state index in [-0.39, 0.29) is 17.1 Å². The molecule has 0 unspecified atom stereocenters. The van der Waals surface area contributed by atoms with Gasteiger partial charge >= 0.3 is 7.12 Å². The van der Waals surface area contributed by atoms with Gasteiger partial charge < -0.3 is 14.6 Å². The highest BCUT2D eigenvalue weighted by Gasteiger charge is 2.27. The summed E-state index contributed by atoms with van der Waals surface area (Å²) >= 11 is 0. The van der Waals surface area contributed by atoms with Crippen LogP contribution in [0.1, 0.15) is 21.5 Å². The summed E-state index contributed by atoms with van der Waals surface area (Å²) in [4.78, 5) is 14.0. The van der Waals surface area contributed by atoms with Gasteiger partial charge in [-0.1, -0.05) is 30.3 Å². The first kappa shape index (κ1) is 19.3. The second-order valence-corrected chi connectivity index (χ2v) is 8.11. The number of fused-ring (bicyclic) bond motifs is 1. The second kappa shape index (κ2) is 7.63. The fourth-order valence-electron chi connectivity index (χ4n) is 2.69. The Kier molecular flexibility index (Phi) is 5.45. The van der Waals surface area contributed by atoms with E-state index in [2.05, 4.69) is 4.40 Å². The number of sulfonamides is 1. The highest BCUT2D eigenvalue weighted by Crippen LogP contribution is 2.16. The van der Waals surface area contributed by atoms with Gasteiger partial charge in [-0.15, -0.1) is 4.40 Å². The Morgan fingerprint density at radius 2 is 1.96 bits per heavy atom. The van der Waals surface area contributed by atoms with Crippen LogP contribution in [0.3, 0.4) is 0 Å². The van der Waals surface area contributed by atoms with Crippen LogP contribution in [-0.4, -0.2) is 51.7 Å². The van der Waals surface area contributed by atoms with Gasteiger partial charge in [-0.2, -0.15) is 8.42 Å². The Morgan fingerprint density at radius 3 is 2.63 bits per heavy atom. The minimum absolute atomic E-state index is 0.0231. The maximum Gasteiger partial charge on any atom is 0.491 e. The molecule has 0 saturated carbocycles. The van der Waals surface area contributed by atoms with Crippen LogP contribution in [0.5, 0.6) is 0 Å². The lowest BCUT2D eigenvalue weighted by Crippen LogP contribution is -2.28. The first-order chi connectivity index (χ1) is 12.8. The Balaban J connectivity index is 1.74. The molecule has 27 heavy (non-hydrogen) atoms. The zero-order valence-electron chi connectivity index (χ0n) is 15.0. The van der Waals surface area contributed by atoms with Gasteiger partial charge in [0, 0.05) is 26.1 Å². The zero-order chi connectivity index (χ0) is 19.6. The van der Waals surface area contributed by atoms with Crippen LogP contribution < -0.4 is 5.46 Å². The number of hydrogen-bond acceptors (Lipinski definition) is 5. The standard InChI is InChI=1S/C18H19BN2O5S/c1-21(2)12-20-27(24,25)16-7-5-14(6-8-16)18(22)10-13-3-4-15-11-26-19(23)17(15)9-13/h3-9,12,23H,10-11H2,1-2H3. The third-order valence-corrected chi connectivity index (χ3v) is 5.37. The number of Topliss-reactive ketones (excluding diaryl/α,β-unsaturated/α-hetero) is 1. The van der Waals surface area contributed by atoms with Crippen LogP contribution in [0.4, 0.5) is 0 Å². The van der Waals surface area contributed by atoms with Crippen LogP contribution in [0.25, 0.3) is 0 Å². The molecule has 1 aliphatic heterocycles. The molecule has 3 rings (SSSR count). The number of benzene rings is 2. The lowest BCUT2D eigenvalue weighted by molar-refractivity contribution is 0.0993. The molecule has 0 saturated heterocycles. The number of hydrogen-bond donors (Lipinski definition) is 1. The summed E-state index contributed by atoms with van der Waals surface area (Å²) in [5.41, 5.74) is 2.76. The average Bonchev–Trinajstić information content (AvgIpc) is 3.01. The molecule has 1 aliphatic rings. The maximum absolute atomic E-state index is 12.5. The monoisotopic (exact) mass is 386 g/mol. The number of carbonyl (C=O) groups excluding carboxylic acids is 1. The van der Waals surface area contributed by atoms with E-state index in [4.69, 9.17) is 4.65 Å². The van der Waals surface area contributed by atoms with Crippen molar-refractivity contribution in [3.05, 3.63) is 59.2 Å². The van der Waals surface area contributed by atoms with Gasteiger partial charge in [-0.3, -0.25) is 4.79 Å². The molecule has 2 aromatic rings. The predicted octanol–water partition coefficient (Wildman–Crippen LogP) is 0.608. The third-order valence-electron chi connectivity index (χ3n) is 4.13. The molecule has 0 spiro atoms. The molecule has 0 radical (unpaired) electrons. The first-order valence-corrected chi connectivity index (χ1v) is 9.72. The lowest BCUT2D eigenvalue weighted by atomic mass is 9.78. The van der Waals surface area contributed by atoms with E-state index >= 15 is 0 Å².